The molecule has 2 aromatic rings. The number of benzene rings is 1. The number of aliphatic hydroxyl groups is 1. The van der Waals surface area contributed by atoms with Gasteiger partial charge in [-0.2, -0.15) is 0 Å². The first-order valence-electron chi connectivity index (χ1n) is 10.9. The fraction of sp³-hybridized carbons (Fsp3) is 0.583. The van der Waals surface area contributed by atoms with Crippen LogP contribution in [0.2, 0.25) is 0 Å². The predicted molar refractivity (Wildman–Crippen MR) is 116 cm³/mol. The molecule has 1 aliphatic heterocycles. The zero-order valence-electron chi connectivity index (χ0n) is 18.2. The molecule has 5 nitrogen and oxygen atoms in total. The summed E-state index contributed by atoms with van der Waals surface area (Å²) < 4.78 is 11.6. The van der Waals surface area contributed by atoms with Gasteiger partial charge in [0.25, 0.3) is 0 Å². The highest BCUT2D eigenvalue weighted by Gasteiger charge is 2.28. The average Bonchev–Trinajstić information content (AvgIpc) is 3.23. The molecule has 1 fully saturated rings. The first kappa shape index (κ1) is 22.0. The molecule has 1 N–H and O–H groups in total. The van der Waals surface area contributed by atoms with Gasteiger partial charge in [-0.15, -0.1) is 0 Å². The summed E-state index contributed by atoms with van der Waals surface area (Å²) in [5.41, 5.74) is 1.72. The first-order valence-corrected chi connectivity index (χ1v) is 10.9. The van der Waals surface area contributed by atoms with Crippen molar-refractivity contribution in [1.82, 2.24) is 9.80 Å². The third-order valence-corrected chi connectivity index (χ3v) is 6.03. The Bertz CT molecular complexity index is 731. The SMILES string of the molecule is CCC(O)(CC)c1ccc(CN(CCN2CCOCC2)Cc2ccc(C)cc2)o1. The highest BCUT2D eigenvalue weighted by Crippen LogP contribution is 2.30. The molecule has 1 aromatic carbocycles. The molecular weight excluding hydrogens is 364 g/mol. The number of ether oxygens (including phenoxy) is 1. The molecule has 29 heavy (non-hydrogen) atoms. The molecule has 0 spiro atoms. The fourth-order valence-corrected chi connectivity index (χ4v) is 3.81. The van der Waals surface area contributed by atoms with Gasteiger partial charge in [-0.3, -0.25) is 9.80 Å². The molecule has 2 heterocycles. The Kier molecular flexibility index (Phi) is 7.90. The molecule has 0 saturated carbocycles. The summed E-state index contributed by atoms with van der Waals surface area (Å²) in [6.07, 6.45) is 1.31. The molecule has 5 heteroatoms. The van der Waals surface area contributed by atoms with Crippen LogP contribution >= 0.6 is 0 Å². The molecule has 3 rings (SSSR count). The summed E-state index contributed by atoms with van der Waals surface area (Å²) >= 11 is 0. The molecule has 1 aromatic heterocycles. The highest BCUT2D eigenvalue weighted by molar-refractivity contribution is 5.21. The number of nitrogens with zero attached hydrogens (tertiary/aromatic N) is 2. The largest absolute Gasteiger partial charge is 0.462 e. The van der Waals surface area contributed by atoms with E-state index in [0.29, 0.717) is 18.6 Å². The number of aryl methyl sites for hydroxylation is 1. The van der Waals surface area contributed by atoms with Gasteiger partial charge in [0.05, 0.1) is 19.8 Å². The second-order valence-corrected chi connectivity index (χ2v) is 8.15. The van der Waals surface area contributed by atoms with E-state index >= 15 is 0 Å². The van der Waals surface area contributed by atoms with E-state index in [1.54, 1.807) is 0 Å². The Morgan fingerprint density at radius 2 is 1.69 bits per heavy atom. The quantitative estimate of drug-likeness (QED) is 0.655. The van der Waals surface area contributed by atoms with Crippen molar-refractivity contribution in [2.24, 2.45) is 0 Å². The summed E-state index contributed by atoms with van der Waals surface area (Å²) in [7, 11) is 0. The van der Waals surface area contributed by atoms with Gasteiger partial charge in [-0.25, -0.2) is 0 Å². The predicted octanol–water partition coefficient (Wildman–Crippen LogP) is 3.93. The number of hydrogen-bond donors (Lipinski definition) is 1. The minimum atomic E-state index is -0.867. The molecule has 0 amide bonds. The molecule has 0 aliphatic carbocycles. The van der Waals surface area contributed by atoms with Gasteiger partial charge in [-0.1, -0.05) is 43.7 Å². The first-order chi connectivity index (χ1) is 14.0. The Hall–Kier alpha value is -1.66. The van der Waals surface area contributed by atoms with Crippen LogP contribution < -0.4 is 0 Å². The van der Waals surface area contributed by atoms with E-state index in [0.717, 1.165) is 58.2 Å². The molecule has 0 atom stereocenters. The summed E-state index contributed by atoms with van der Waals surface area (Å²) in [5, 5.41) is 10.8. The Labute approximate surface area is 175 Å². The highest BCUT2D eigenvalue weighted by atomic mass is 16.5. The lowest BCUT2D eigenvalue weighted by Gasteiger charge is -2.30. The standard InChI is InChI=1S/C24H36N2O3/c1-4-24(27,5-2)23-11-10-22(29-23)19-26(13-12-25-14-16-28-17-15-25)18-21-8-6-20(3)7-9-21/h6-11,27H,4-5,12-19H2,1-3H3. The maximum absolute atomic E-state index is 10.8. The zero-order chi connectivity index (χ0) is 20.7. The van der Waals surface area contributed by atoms with Gasteiger partial charge < -0.3 is 14.3 Å². The van der Waals surface area contributed by atoms with Crippen LogP contribution in [0.5, 0.6) is 0 Å². The van der Waals surface area contributed by atoms with Crippen molar-refractivity contribution >= 4 is 0 Å². The number of hydrogen-bond acceptors (Lipinski definition) is 5. The normalized spacial score (nSPS) is 15.9. The van der Waals surface area contributed by atoms with Crippen LogP contribution in [0, 0.1) is 6.92 Å². The lowest BCUT2D eigenvalue weighted by Crippen LogP contribution is -2.41. The van der Waals surface area contributed by atoms with Crippen LogP contribution in [0.15, 0.2) is 40.8 Å². The van der Waals surface area contributed by atoms with Crippen LogP contribution in [0.25, 0.3) is 0 Å². The van der Waals surface area contributed by atoms with E-state index in [1.165, 1.54) is 11.1 Å². The lowest BCUT2D eigenvalue weighted by atomic mass is 9.95. The summed E-state index contributed by atoms with van der Waals surface area (Å²) in [6.45, 7) is 13.4. The minimum absolute atomic E-state index is 0.653. The van der Waals surface area contributed by atoms with Crippen LogP contribution in [0.3, 0.4) is 0 Å². The fourth-order valence-electron chi connectivity index (χ4n) is 3.81. The van der Waals surface area contributed by atoms with Crippen molar-refractivity contribution in [2.45, 2.75) is 52.3 Å². The molecule has 1 saturated heterocycles. The third kappa shape index (κ3) is 6.16. The Morgan fingerprint density at radius 3 is 2.34 bits per heavy atom. The van der Waals surface area contributed by atoms with Crippen LogP contribution in [-0.4, -0.2) is 54.3 Å². The van der Waals surface area contributed by atoms with Gasteiger partial charge >= 0.3 is 0 Å². The molecule has 1 aliphatic rings. The van der Waals surface area contributed by atoms with E-state index in [2.05, 4.69) is 41.0 Å². The van der Waals surface area contributed by atoms with Crippen molar-refractivity contribution in [1.29, 1.82) is 0 Å². The van der Waals surface area contributed by atoms with Gasteiger partial charge in [0, 0.05) is 32.7 Å². The Balaban J connectivity index is 1.68. The van der Waals surface area contributed by atoms with Crippen molar-refractivity contribution in [2.75, 3.05) is 39.4 Å². The van der Waals surface area contributed by atoms with E-state index < -0.39 is 5.60 Å². The lowest BCUT2D eigenvalue weighted by molar-refractivity contribution is 0.00492. The van der Waals surface area contributed by atoms with E-state index in [1.807, 2.05) is 26.0 Å². The smallest absolute Gasteiger partial charge is 0.135 e. The number of furan rings is 1. The van der Waals surface area contributed by atoms with E-state index in [-0.39, 0.29) is 0 Å². The average molecular weight is 401 g/mol. The van der Waals surface area contributed by atoms with Crippen LogP contribution in [0.1, 0.15) is 49.3 Å². The summed E-state index contributed by atoms with van der Waals surface area (Å²) in [6, 6.07) is 12.7. The minimum Gasteiger partial charge on any atom is -0.462 e. The molecule has 160 valence electrons. The van der Waals surface area contributed by atoms with Gasteiger partial charge in [0.2, 0.25) is 0 Å². The second-order valence-electron chi connectivity index (χ2n) is 8.15. The third-order valence-electron chi connectivity index (χ3n) is 6.03. The van der Waals surface area contributed by atoms with Gasteiger partial charge in [0.15, 0.2) is 0 Å². The number of morpholine rings is 1. The van der Waals surface area contributed by atoms with Crippen LogP contribution in [-0.2, 0) is 23.4 Å². The molecule has 0 unspecified atom stereocenters. The van der Waals surface area contributed by atoms with Crippen LogP contribution in [0.4, 0.5) is 0 Å². The maximum atomic E-state index is 10.8. The van der Waals surface area contributed by atoms with E-state index in [4.69, 9.17) is 9.15 Å². The van der Waals surface area contributed by atoms with Gasteiger partial charge in [-0.05, 0) is 37.5 Å². The van der Waals surface area contributed by atoms with Crippen molar-refractivity contribution < 1.29 is 14.3 Å². The van der Waals surface area contributed by atoms with Crippen molar-refractivity contribution in [3.63, 3.8) is 0 Å². The zero-order valence-corrected chi connectivity index (χ0v) is 18.2. The monoisotopic (exact) mass is 400 g/mol. The number of rotatable bonds is 10. The van der Waals surface area contributed by atoms with Crippen molar-refractivity contribution in [3.05, 3.63) is 59.0 Å². The maximum Gasteiger partial charge on any atom is 0.135 e. The summed E-state index contributed by atoms with van der Waals surface area (Å²) in [4.78, 5) is 4.89. The summed E-state index contributed by atoms with van der Waals surface area (Å²) in [5.74, 6) is 1.59. The topological polar surface area (TPSA) is 49.1 Å². The van der Waals surface area contributed by atoms with Crippen molar-refractivity contribution in [3.8, 4) is 0 Å². The van der Waals surface area contributed by atoms with Gasteiger partial charge in [0.1, 0.15) is 17.1 Å². The Morgan fingerprint density at radius 1 is 1.00 bits per heavy atom. The second kappa shape index (κ2) is 10.4. The molecular formula is C24H36N2O3. The molecule has 0 radical (unpaired) electrons. The molecule has 0 bridgehead atoms. The van der Waals surface area contributed by atoms with E-state index in [9.17, 15) is 5.11 Å².